The molecule has 0 spiro atoms. The third-order valence-electron chi connectivity index (χ3n) is 12.6. The summed E-state index contributed by atoms with van der Waals surface area (Å²) in [6, 6.07) is 25.7. The molecule has 4 nitrogen and oxygen atoms in total. The molecule has 42 heavy (non-hydrogen) atoms. The Hall–Kier alpha value is -2.82. The van der Waals surface area contributed by atoms with Gasteiger partial charge in [0.2, 0.25) is 0 Å². The van der Waals surface area contributed by atoms with Crippen LogP contribution in [-0.4, -0.2) is 48.6 Å². The average Bonchev–Trinajstić information content (AvgIpc) is 3.72. The SMILES string of the molecule is COc1ccc2c(c1Oc1ccc(C)cc1)[C@]13CCN(CC4CC4)[C@H](C2)[C@]12CC[C@@H]1[C@H]3[C@@H](CN1Cc1ccccc1)C2. The van der Waals surface area contributed by atoms with Gasteiger partial charge in [-0.15, -0.1) is 0 Å². The first-order valence-corrected chi connectivity index (χ1v) is 16.6. The molecule has 3 aromatic carbocycles. The Balaban J connectivity index is 1.20. The number of rotatable bonds is 7. The normalized spacial score (nSPS) is 34.6. The highest BCUT2D eigenvalue weighted by molar-refractivity contribution is 5.61. The van der Waals surface area contributed by atoms with E-state index in [4.69, 9.17) is 9.47 Å². The molecule has 0 N–H and O–H groups in total. The maximum absolute atomic E-state index is 6.97. The molecule has 6 aliphatic rings. The molecule has 0 aromatic heterocycles. The molecular weight excluding hydrogens is 516 g/mol. The van der Waals surface area contributed by atoms with Crippen LogP contribution in [0.5, 0.6) is 17.2 Å². The Morgan fingerprint density at radius 2 is 1.74 bits per heavy atom. The minimum absolute atomic E-state index is 0.152. The standard InChI is InChI=1S/C38H44N2O2/c1-25-8-13-30(14-9-25)42-36-32(41-2)15-12-28-20-33-37-17-16-31-34(29(21-37)24-40(31)23-26-6-4-3-5-7-26)38(37,35(28)36)18-19-39(33)22-27-10-11-27/h3-9,12-15,27,29,31,33-34H,10-11,16-24H2,1-2H3/t29-,31-,33-,34-,37-,38-/m1/s1. The van der Waals surface area contributed by atoms with E-state index in [9.17, 15) is 0 Å². The van der Waals surface area contributed by atoms with E-state index < -0.39 is 0 Å². The van der Waals surface area contributed by atoms with Crippen LogP contribution in [-0.2, 0) is 18.4 Å². The van der Waals surface area contributed by atoms with E-state index >= 15 is 0 Å². The van der Waals surface area contributed by atoms with Crippen LogP contribution in [0.1, 0.15) is 60.8 Å². The van der Waals surface area contributed by atoms with Gasteiger partial charge in [0.15, 0.2) is 11.5 Å². The minimum atomic E-state index is 0.152. The minimum Gasteiger partial charge on any atom is -0.493 e. The van der Waals surface area contributed by atoms with E-state index in [-0.39, 0.29) is 5.41 Å². The topological polar surface area (TPSA) is 24.9 Å². The zero-order valence-corrected chi connectivity index (χ0v) is 25.2. The molecule has 0 radical (unpaired) electrons. The predicted octanol–water partition coefficient (Wildman–Crippen LogP) is 7.37. The molecule has 2 heterocycles. The van der Waals surface area contributed by atoms with Crippen molar-refractivity contribution in [2.75, 3.05) is 26.7 Å². The van der Waals surface area contributed by atoms with Gasteiger partial charge in [0.05, 0.1) is 7.11 Å². The lowest BCUT2D eigenvalue weighted by Crippen LogP contribution is -2.69. The van der Waals surface area contributed by atoms with E-state index in [0.717, 1.165) is 42.0 Å². The number of fused-ring (bicyclic) bond motifs is 1. The first kappa shape index (κ1) is 25.7. The van der Waals surface area contributed by atoms with Gasteiger partial charge in [-0.25, -0.2) is 0 Å². The fraction of sp³-hybridized carbons (Fsp3) is 0.526. The van der Waals surface area contributed by atoms with Crippen LogP contribution >= 0.6 is 0 Å². The molecule has 6 atom stereocenters. The molecule has 4 bridgehead atoms. The molecule has 5 fully saturated rings. The molecule has 3 saturated carbocycles. The fourth-order valence-electron chi connectivity index (χ4n) is 11.1. The lowest BCUT2D eigenvalue weighted by molar-refractivity contribution is -0.106. The second kappa shape index (κ2) is 9.34. The quantitative estimate of drug-likeness (QED) is 0.301. The molecule has 218 valence electrons. The largest absolute Gasteiger partial charge is 0.493 e. The monoisotopic (exact) mass is 560 g/mol. The maximum atomic E-state index is 6.97. The predicted molar refractivity (Wildman–Crippen MR) is 166 cm³/mol. The fourth-order valence-corrected chi connectivity index (χ4v) is 11.1. The van der Waals surface area contributed by atoms with Crippen LogP contribution in [0.2, 0.25) is 0 Å². The van der Waals surface area contributed by atoms with Crippen molar-refractivity contribution in [3.63, 3.8) is 0 Å². The van der Waals surface area contributed by atoms with Gasteiger partial charge < -0.3 is 9.47 Å². The Bertz CT molecular complexity index is 1500. The van der Waals surface area contributed by atoms with Gasteiger partial charge in [-0.2, -0.15) is 0 Å². The molecule has 0 unspecified atom stereocenters. The third kappa shape index (κ3) is 3.54. The first-order valence-electron chi connectivity index (χ1n) is 16.6. The van der Waals surface area contributed by atoms with Gasteiger partial charge >= 0.3 is 0 Å². The molecule has 4 aliphatic carbocycles. The van der Waals surface area contributed by atoms with Gasteiger partial charge in [-0.1, -0.05) is 54.1 Å². The molecular formula is C38H44N2O2. The Morgan fingerprint density at radius 1 is 0.905 bits per heavy atom. The highest BCUT2D eigenvalue weighted by atomic mass is 16.5. The average molecular weight is 561 g/mol. The van der Waals surface area contributed by atoms with Crippen LogP contribution < -0.4 is 9.47 Å². The second-order valence-corrected chi connectivity index (χ2v) is 14.6. The summed E-state index contributed by atoms with van der Waals surface area (Å²) in [5.74, 6) is 5.21. The van der Waals surface area contributed by atoms with Crippen LogP contribution in [0.4, 0.5) is 0 Å². The second-order valence-electron chi connectivity index (χ2n) is 14.6. The summed E-state index contributed by atoms with van der Waals surface area (Å²) < 4.78 is 13.1. The number of ether oxygens (including phenoxy) is 2. The number of piperidine rings is 1. The Morgan fingerprint density at radius 3 is 2.52 bits per heavy atom. The molecule has 4 heteroatoms. The summed E-state index contributed by atoms with van der Waals surface area (Å²) >= 11 is 0. The molecule has 2 aliphatic heterocycles. The first-order chi connectivity index (χ1) is 20.6. The van der Waals surface area contributed by atoms with Gasteiger partial charge in [-0.3, -0.25) is 9.80 Å². The van der Waals surface area contributed by atoms with E-state index in [0.29, 0.717) is 23.4 Å². The van der Waals surface area contributed by atoms with Gasteiger partial charge in [0.25, 0.3) is 0 Å². The summed E-state index contributed by atoms with van der Waals surface area (Å²) in [5.41, 5.74) is 6.27. The number of aryl methyl sites for hydroxylation is 1. The van der Waals surface area contributed by atoms with Crippen molar-refractivity contribution < 1.29 is 9.47 Å². The van der Waals surface area contributed by atoms with Crippen molar-refractivity contribution in [3.8, 4) is 17.2 Å². The molecule has 0 amide bonds. The molecule has 9 rings (SSSR count). The van der Waals surface area contributed by atoms with Crippen molar-refractivity contribution in [1.29, 1.82) is 0 Å². The van der Waals surface area contributed by atoms with Crippen molar-refractivity contribution in [3.05, 3.63) is 89.0 Å². The summed E-state index contributed by atoms with van der Waals surface area (Å²) in [4.78, 5) is 5.86. The van der Waals surface area contributed by atoms with Crippen LogP contribution in [0, 0.1) is 30.1 Å². The smallest absolute Gasteiger partial charge is 0.173 e. The maximum Gasteiger partial charge on any atom is 0.173 e. The van der Waals surface area contributed by atoms with E-state index in [1.165, 1.54) is 80.4 Å². The summed E-state index contributed by atoms with van der Waals surface area (Å²) in [6.07, 6.45) is 9.37. The molecule has 2 saturated heterocycles. The summed E-state index contributed by atoms with van der Waals surface area (Å²) in [5, 5.41) is 0. The van der Waals surface area contributed by atoms with Crippen molar-refractivity contribution in [2.24, 2.45) is 23.2 Å². The number of benzene rings is 3. The van der Waals surface area contributed by atoms with Gasteiger partial charge in [0.1, 0.15) is 5.75 Å². The van der Waals surface area contributed by atoms with Crippen molar-refractivity contribution in [2.45, 2.75) is 75.9 Å². The zero-order chi connectivity index (χ0) is 28.1. The Kier molecular flexibility index (Phi) is 5.70. The third-order valence-corrected chi connectivity index (χ3v) is 12.6. The number of likely N-dealkylation sites (tertiary alicyclic amines) is 2. The summed E-state index contributed by atoms with van der Waals surface area (Å²) in [7, 11) is 1.82. The lowest BCUT2D eigenvalue weighted by atomic mass is 9.43. The van der Waals surface area contributed by atoms with Gasteiger partial charge in [-0.05, 0) is 111 Å². The highest BCUT2D eigenvalue weighted by Gasteiger charge is 2.76. The van der Waals surface area contributed by atoms with Crippen LogP contribution in [0.3, 0.4) is 0 Å². The van der Waals surface area contributed by atoms with Crippen molar-refractivity contribution in [1.82, 2.24) is 9.80 Å². The lowest BCUT2D eigenvalue weighted by Gasteiger charge is -2.66. The van der Waals surface area contributed by atoms with E-state index in [2.05, 4.69) is 83.5 Å². The number of hydrogen-bond acceptors (Lipinski definition) is 4. The molecule has 3 aromatic rings. The van der Waals surface area contributed by atoms with Crippen LogP contribution in [0.15, 0.2) is 66.7 Å². The summed E-state index contributed by atoms with van der Waals surface area (Å²) in [6.45, 7) is 7.02. The number of hydrogen-bond donors (Lipinski definition) is 0. The van der Waals surface area contributed by atoms with Crippen molar-refractivity contribution >= 4 is 0 Å². The van der Waals surface area contributed by atoms with Crippen LogP contribution in [0.25, 0.3) is 0 Å². The zero-order valence-electron chi connectivity index (χ0n) is 25.2. The van der Waals surface area contributed by atoms with E-state index in [1.54, 1.807) is 0 Å². The number of methoxy groups -OCH3 is 1. The Labute approximate surface area is 251 Å². The number of nitrogens with zero attached hydrogens (tertiary/aromatic N) is 2. The highest BCUT2D eigenvalue weighted by Crippen LogP contribution is 2.77. The van der Waals surface area contributed by atoms with Gasteiger partial charge in [0, 0.05) is 42.7 Å². The van der Waals surface area contributed by atoms with E-state index in [1.807, 2.05) is 7.11 Å².